The quantitative estimate of drug-likeness (QED) is 0.127. The van der Waals surface area contributed by atoms with Crippen molar-refractivity contribution in [1.29, 1.82) is 0 Å². The second-order valence-corrected chi connectivity index (χ2v) is 31.0. The van der Waals surface area contributed by atoms with Gasteiger partial charge in [-0.25, -0.2) is 0 Å². The zero-order valence-electron chi connectivity index (χ0n) is 55.1. The highest BCUT2D eigenvalue weighted by molar-refractivity contribution is 7.32. The molecule has 6 heteroatoms. The van der Waals surface area contributed by atoms with Crippen LogP contribution in [0.15, 0.2) is 279 Å². The molecular formula is C90H72O2S4. The van der Waals surface area contributed by atoms with Gasteiger partial charge in [-0.15, -0.1) is 45.3 Å². The van der Waals surface area contributed by atoms with Gasteiger partial charge in [0.1, 0.15) is 11.2 Å². The van der Waals surface area contributed by atoms with Gasteiger partial charge < -0.3 is 10.2 Å². The summed E-state index contributed by atoms with van der Waals surface area (Å²) in [6.45, 7) is 16.8. The Hall–Kier alpha value is -9.34. The van der Waals surface area contributed by atoms with Crippen molar-refractivity contribution in [1.82, 2.24) is 0 Å². The van der Waals surface area contributed by atoms with E-state index in [1.807, 2.05) is 108 Å². The second kappa shape index (κ2) is 23.8. The number of benzene rings is 11. The van der Waals surface area contributed by atoms with Crippen LogP contribution in [0.25, 0.3) is 60.6 Å². The molecule has 1 unspecified atom stereocenters. The van der Waals surface area contributed by atoms with Gasteiger partial charge in [0.15, 0.2) is 0 Å². The van der Waals surface area contributed by atoms with E-state index in [4.69, 9.17) is 0 Å². The monoisotopic (exact) mass is 1310 g/mol. The van der Waals surface area contributed by atoms with Crippen molar-refractivity contribution >= 4 is 64.1 Å². The highest BCUT2D eigenvalue weighted by Crippen LogP contribution is 2.68. The maximum absolute atomic E-state index is 12.8. The molecule has 96 heavy (non-hydrogen) atoms. The number of fused-ring (bicyclic) bond motifs is 10. The standard InChI is InChI=1S/C48H36S2.C42H36O2S2/c1-29-13-21-33(22-14-29)47(34-23-15-30(2)16-24-34)39-11-7-5-9-37(39)43-41(47)45-46(49-43)42-44(50-45)38-10-6-8-12-40(38)48(42,35-25-17-31(3)18-26-35)36-27-19-32(4)20-28-36;1-27-13-19-30(20-14-27)41(4,43)35-11-7-5-9-33(35)37-25-39-40(45-37)26-38(46-39)34-10-6-8-12-36(34)42(44,31-21-15-28(2)16-22-31)32-23-17-29(3)18-24-32/h5-28H,1-4H3;5-26,43-44H,1-4H3. The molecule has 0 amide bonds. The molecule has 2 aliphatic rings. The van der Waals surface area contributed by atoms with Crippen molar-refractivity contribution in [2.45, 2.75) is 77.4 Å². The Kier molecular flexibility index (Phi) is 15.2. The maximum Gasteiger partial charge on any atom is 0.141 e. The Bertz CT molecular complexity index is 5070. The van der Waals surface area contributed by atoms with Gasteiger partial charge >= 0.3 is 0 Å². The second-order valence-electron chi connectivity index (χ2n) is 26.7. The third-order valence-electron chi connectivity index (χ3n) is 20.4. The van der Waals surface area contributed by atoms with Gasteiger partial charge in [-0.2, -0.15) is 0 Å². The molecule has 15 aromatic rings. The van der Waals surface area contributed by atoms with Gasteiger partial charge in [-0.05, 0) is 145 Å². The van der Waals surface area contributed by atoms with Gasteiger partial charge in [0.05, 0.1) is 20.2 Å². The molecular weight excluding hydrogens is 1240 g/mol. The lowest BCUT2D eigenvalue weighted by Crippen LogP contribution is -2.29. The van der Waals surface area contributed by atoms with Gasteiger partial charge in [-0.1, -0.05) is 306 Å². The van der Waals surface area contributed by atoms with E-state index in [1.165, 1.54) is 112 Å². The fraction of sp³-hybridized carbons (Fsp3) is 0.133. The molecule has 4 aromatic heterocycles. The van der Waals surface area contributed by atoms with Crippen LogP contribution < -0.4 is 0 Å². The van der Waals surface area contributed by atoms with E-state index >= 15 is 0 Å². The van der Waals surface area contributed by atoms with Crippen LogP contribution in [0.4, 0.5) is 0 Å². The summed E-state index contributed by atoms with van der Waals surface area (Å²) >= 11 is 7.52. The largest absolute Gasteiger partial charge is 0.381 e. The van der Waals surface area contributed by atoms with Crippen LogP contribution >= 0.6 is 45.3 Å². The highest BCUT2D eigenvalue weighted by Gasteiger charge is 2.54. The molecule has 0 saturated carbocycles. The van der Waals surface area contributed by atoms with Crippen LogP contribution in [-0.4, -0.2) is 10.2 Å². The predicted molar refractivity (Wildman–Crippen MR) is 408 cm³/mol. The minimum atomic E-state index is -1.33. The van der Waals surface area contributed by atoms with Crippen LogP contribution in [0.3, 0.4) is 0 Å². The van der Waals surface area contributed by atoms with E-state index in [9.17, 15) is 10.2 Å². The molecule has 11 aromatic carbocycles. The van der Waals surface area contributed by atoms with E-state index < -0.39 is 22.0 Å². The fourth-order valence-corrected chi connectivity index (χ4v) is 21.0. The molecule has 17 rings (SSSR count). The Morgan fingerprint density at radius 3 is 0.927 bits per heavy atom. The number of rotatable bonds is 11. The zero-order valence-corrected chi connectivity index (χ0v) is 58.4. The van der Waals surface area contributed by atoms with Crippen molar-refractivity contribution in [3.05, 3.63) is 390 Å². The number of thiophene rings is 4. The molecule has 0 fully saturated rings. The number of aryl methyl sites for hydroxylation is 7. The predicted octanol–water partition coefficient (Wildman–Crippen LogP) is 23.7. The molecule has 2 aliphatic carbocycles. The van der Waals surface area contributed by atoms with Gasteiger partial charge in [0, 0.05) is 45.6 Å². The van der Waals surface area contributed by atoms with Gasteiger partial charge in [-0.3, -0.25) is 0 Å². The first-order valence-electron chi connectivity index (χ1n) is 33.0. The molecule has 0 radical (unpaired) electrons. The van der Waals surface area contributed by atoms with E-state index in [0.717, 1.165) is 59.8 Å². The summed E-state index contributed by atoms with van der Waals surface area (Å²) in [6, 6.07) is 101. The lowest BCUT2D eigenvalue weighted by molar-refractivity contribution is 0.103. The molecule has 1 atom stereocenters. The minimum Gasteiger partial charge on any atom is -0.381 e. The third kappa shape index (κ3) is 9.74. The average molecular weight is 1310 g/mol. The summed E-state index contributed by atoms with van der Waals surface area (Å²) < 4.78 is 5.21. The summed E-state index contributed by atoms with van der Waals surface area (Å²) in [5.41, 5.74) is 25.3. The first-order valence-corrected chi connectivity index (χ1v) is 36.3. The molecule has 0 bridgehead atoms. The molecule has 0 saturated heterocycles. The minimum absolute atomic E-state index is 0.430. The Balaban J connectivity index is 0.000000152. The normalized spacial score (nSPS) is 14.0. The van der Waals surface area contributed by atoms with E-state index in [1.54, 1.807) is 22.7 Å². The summed E-state index contributed by atoms with van der Waals surface area (Å²) in [7, 11) is 0. The van der Waals surface area contributed by atoms with Crippen LogP contribution in [-0.2, 0) is 22.0 Å². The first kappa shape index (κ1) is 61.5. The summed E-state index contributed by atoms with van der Waals surface area (Å²) in [6.07, 6.45) is 0. The Labute approximate surface area is 579 Å². The lowest BCUT2D eigenvalue weighted by Gasteiger charge is -2.34. The number of hydrogen-bond acceptors (Lipinski definition) is 6. The van der Waals surface area contributed by atoms with Crippen molar-refractivity contribution in [3.8, 4) is 41.8 Å². The summed E-state index contributed by atoms with van der Waals surface area (Å²) in [5.74, 6) is 0. The van der Waals surface area contributed by atoms with E-state index in [0.29, 0.717) is 0 Å². The molecule has 0 aliphatic heterocycles. The molecule has 468 valence electrons. The Morgan fingerprint density at radius 1 is 0.292 bits per heavy atom. The number of hydrogen-bond donors (Lipinski definition) is 2. The fourth-order valence-electron chi connectivity index (χ4n) is 15.4. The van der Waals surface area contributed by atoms with Crippen LogP contribution in [0.2, 0.25) is 0 Å². The third-order valence-corrected chi connectivity index (χ3v) is 25.4. The molecule has 4 heterocycles. The highest BCUT2D eigenvalue weighted by atomic mass is 32.1. The van der Waals surface area contributed by atoms with Crippen molar-refractivity contribution < 1.29 is 10.2 Å². The van der Waals surface area contributed by atoms with Crippen molar-refractivity contribution in [2.24, 2.45) is 0 Å². The van der Waals surface area contributed by atoms with Crippen LogP contribution in [0.1, 0.15) is 118 Å². The van der Waals surface area contributed by atoms with Crippen LogP contribution in [0, 0.1) is 48.5 Å². The number of aliphatic hydroxyl groups is 2. The van der Waals surface area contributed by atoms with E-state index in [-0.39, 0.29) is 0 Å². The smallest absolute Gasteiger partial charge is 0.141 e. The van der Waals surface area contributed by atoms with E-state index in [2.05, 4.69) is 249 Å². The molecule has 2 nitrogen and oxygen atoms in total. The average Bonchev–Trinajstić information content (AvgIpc) is 1.49. The summed E-state index contributed by atoms with van der Waals surface area (Å²) in [5, 5.41) is 24.6. The molecule has 2 N–H and O–H groups in total. The first-order chi connectivity index (χ1) is 46.6. The summed E-state index contributed by atoms with van der Waals surface area (Å²) in [4.78, 5) is 5.05. The van der Waals surface area contributed by atoms with Gasteiger partial charge in [0.2, 0.25) is 0 Å². The van der Waals surface area contributed by atoms with Crippen molar-refractivity contribution in [3.63, 3.8) is 0 Å². The lowest BCUT2D eigenvalue weighted by atomic mass is 9.66. The van der Waals surface area contributed by atoms with Gasteiger partial charge in [0.25, 0.3) is 0 Å². The van der Waals surface area contributed by atoms with Crippen molar-refractivity contribution in [2.75, 3.05) is 0 Å². The zero-order chi connectivity index (χ0) is 65.8. The SMILES string of the molecule is Cc1ccc(C(C)(O)c2ccccc2-c2cc3sc(-c4ccccc4C(O)(c4ccc(C)cc4)c4ccc(C)cc4)cc3s2)cc1.Cc1ccc(C2(c3ccc(C)cc3)c3ccccc3-c3sc4c5c(sc4c32)-c2ccccc2C5(c2ccc(C)cc2)c2ccc(C)cc2)cc1. The molecule has 0 spiro atoms. The van der Waals surface area contributed by atoms with Crippen LogP contribution in [0.5, 0.6) is 0 Å². The Morgan fingerprint density at radius 2 is 0.573 bits per heavy atom. The maximum atomic E-state index is 12.8. The topological polar surface area (TPSA) is 40.5 Å².